The average molecular weight is 537 g/mol. The van der Waals surface area contributed by atoms with Crippen molar-refractivity contribution < 1.29 is 59.1 Å². The highest BCUT2D eigenvalue weighted by atomic mass is 16.7. The minimum atomic E-state index is -1.63. The van der Waals surface area contributed by atoms with E-state index in [1.807, 2.05) is 0 Å². The summed E-state index contributed by atoms with van der Waals surface area (Å²) in [4.78, 5) is 0. The minimum Gasteiger partial charge on any atom is -0.504 e. The lowest BCUT2D eigenvalue weighted by Crippen LogP contribution is -2.61. The van der Waals surface area contributed by atoms with E-state index in [4.69, 9.17) is 28.4 Å². The molecule has 0 aliphatic carbocycles. The summed E-state index contributed by atoms with van der Waals surface area (Å²) in [6.07, 6.45) is -8.76. The molecule has 0 spiro atoms. The van der Waals surface area contributed by atoms with E-state index in [2.05, 4.69) is 0 Å². The van der Waals surface area contributed by atoms with E-state index in [-0.39, 0.29) is 36.2 Å². The lowest BCUT2D eigenvalue weighted by Gasteiger charge is -2.44. The Morgan fingerprint density at radius 3 is 2.13 bits per heavy atom. The van der Waals surface area contributed by atoms with E-state index in [1.54, 1.807) is 24.3 Å². The van der Waals surface area contributed by atoms with Crippen molar-refractivity contribution >= 4 is 0 Å². The number of hydrogen-bond donors (Lipinski definition) is 6. The number of aliphatic hydroxyl groups is 4. The predicted octanol–water partition coefficient (Wildman–Crippen LogP) is 0.129. The van der Waals surface area contributed by atoms with Gasteiger partial charge < -0.3 is 59.1 Å². The van der Waals surface area contributed by atoms with Gasteiger partial charge in [0.1, 0.15) is 36.1 Å². The Morgan fingerprint density at radius 1 is 0.868 bits per heavy atom. The number of phenolic OH excluding ortho intramolecular Hbond substituents is 2. The number of methoxy groups -OCH3 is 2. The van der Waals surface area contributed by atoms with Crippen LogP contribution in [0.2, 0.25) is 0 Å². The highest BCUT2D eigenvalue weighted by Crippen LogP contribution is 2.57. The van der Waals surface area contributed by atoms with Crippen molar-refractivity contribution in [1.29, 1.82) is 0 Å². The molecule has 2 aromatic rings. The van der Waals surface area contributed by atoms with Gasteiger partial charge in [-0.05, 0) is 35.4 Å². The molecule has 3 fully saturated rings. The first kappa shape index (κ1) is 26.9. The van der Waals surface area contributed by atoms with Crippen LogP contribution in [0, 0.1) is 5.92 Å². The molecular formula is C26H32O12. The van der Waals surface area contributed by atoms with Gasteiger partial charge in [-0.15, -0.1) is 0 Å². The molecule has 3 heterocycles. The van der Waals surface area contributed by atoms with Gasteiger partial charge in [0.15, 0.2) is 29.3 Å². The van der Waals surface area contributed by atoms with Crippen LogP contribution in [0.4, 0.5) is 0 Å². The lowest BCUT2D eigenvalue weighted by molar-refractivity contribution is -0.333. The maximum absolute atomic E-state index is 10.7. The summed E-state index contributed by atoms with van der Waals surface area (Å²) in [5.74, 6) is -0.0800. The summed E-state index contributed by atoms with van der Waals surface area (Å²) >= 11 is 0. The van der Waals surface area contributed by atoms with Crippen LogP contribution in [-0.4, -0.2) is 101 Å². The lowest BCUT2D eigenvalue weighted by atomic mass is 9.80. The zero-order valence-corrected chi connectivity index (χ0v) is 20.8. The molecule has 3 aliphatic rings. The van der Waals surface area contributed by atoms with Gasteiger partial charge in [0, 0.05) is 5.92 Å². The Bertz CT molecular complexity index is 1140. The molecule has 38 heavy (non-hydrogen) atoms. The van der Waals surface area contributed by atoms with Crippen LogP contribution >= 0.6 is 0 Å². The maximum atomic E-state index is 10.7. The normalized spacial score (nSPS) is 36.7. The van der Waals surface area contributed by atoms with Gasteiger partial charge in [0.2, 0.25) is 0 Å². The largest absolute Gasteiger partial charge is 0.504 e. The average Bonchev–Trinajstić information content (AvgIpc) is 3.46. The number of benzene rings is 2. The smallest absolute Gasteiger partial charge is 0.187 e. The summed E-state index contributed by atoms with van der Waals surface area (Å²) < 4.78 is 35.1. The number of rotatable bonds is 7. The summed E-state index contributed by atoms with van der Waals surface area (Å²) in [7, 11) is 2.86. The predicted molar refractivity (Wildman–Crippen MR) is 128 cm³/mol. The highest BCUT2D eigenvalue weighted by molar-refractivity contribution is 5.45. The molecular weight excluding hydrogens is 504 g/mol. The van der Waals surface area contributed by atoms with Crippen molar-refractivity contribution in [3.8, 4) is 23.0 Å². The van der Waals surface area contributed by atoms with Crippen molar-refractivity contribution in [2.45, 2.75) is 48.5 Å². The molecule has 0 amide bonds. The zero-order valence-electron chi connectivity index (χ0n) is 20.8. The molecule has 3 aliphatic heterocycles. The van der Waals surface area contributed by atoms with Crippen molar-refractivity contribution in [2.24, 2.45) is 5.92 Å². The molecule has 6 N–H and O–H groups in total. The molecule has 0 saturated carbocycles. The molecule has 12 nitrogen and oxygen atoms in total. The molecule has 0 aromatic heterocycles. The second-order valence-corrected chi connectivity index (χ2v) is 9.68. The fourth-order valence-corrected chi connectivity index (χ4v) is 5.54. The van der Waals surface area contributed by atoms with Crippen molar-refractivity contribution in [2.75, 3.05) is 34.0 Å². The molecule has 0 bridgehead atoms. The third kappa shape index (κ3) is 4.36. The second kappa shape index (κ2) is 10.5. The quantitative estimate of drug-likeness (QED) is 0.282. The minimum absolute atomic E-state index is 0.0194. The third-order valence-corrected chi connectivity index (χ3v) is 7.59. The van der Waals surface area contributed by atoms with Crippen LogP contribution in [0.3, 0.4) is 0 Å². The van der Waals surface area contributed by atoms with Crippen LogP contribution in [0.15, 0.2) is 36.4 Å². The van der Waals surface area contributed by atoms with E-state index >= 15 is 0 Å². The Hall–Kier alpha value is -2.68. The standard InChI is InChI=1S/C26H32O12/c1-33-17-7-12(3-5-15(17)28)23-14-10-35-24(13-4-6-16(29)18(8-13)34-2)26(14,11-36-23)38-25-22(32)21(31)20(30)19(9-27)37-25/h3-8,14,19-25,27-32H,9-11H2,1-2H3/t14-,19-,20-,21+,22-,23-,24-,25+,26+/m1/s1. The molecule has 9 atom stereocenters. The Kier molecular flexibility index (Phi) is 7.42. The Labute approximate surface area is 218 Å². The molecule has 12 heteroatoms. The fraction of sp³-hybridized carbons (Fsp3) is 0.538. The van der Waals surface area contributed by atoms with Gasteiger partial charge in [0.25, 0.3) is 0 Å². The Balaban J connectivity index is 1.54. The SMILES string of the molecule is COc1cc([C@H]2OC[C@@]3(O[C@@H]4O[C@H](CO)[C@@H](O)[C@H](O)[C@H]4O)[C@@H](c4ccc(O)c(OC)c4)OC[C@H]23)ccc1O. The number of aromatic hydroxyl groups is 2. The van der Waals surface area contributed by atoms with E-state index in [0.717, 1.165) is 0 Å². The van der Waals surface area contributed by atoms with Crippen LogP contribution in [-0.2, 0) is 18.9 Å². The summed E-state index contributed by atoms with van der Waals surface area (Å²) in [6.45, 7) is -0.462. The highest BCUT2D eigenvalue weighted by Gasteiger charge is 2.63. The van der Waals surface area contributed by atoms with Gasteiger partial charge in [-0.1, -0.05) is 12.1 Å². The molecule has 208 valence electrons. The van der Waals surface area contributed by atoms with Crippen molar-refractivity contribution in [3.05, 3.63) is 47.5 Å². The van der Waals surface area contributed by atoms with Crippen LogP contribution in [0.5, 0.6) is 23.0 Å². The summed E-state index contributed by atoms with van der Waals surface area (Å²) in [6, 6.07) is 9.57. The molecule has 0 radical (unpaired) electrons. The Morgan fingerprint density at radius 2 is 1.50 bits per heavy atom. The van der Waals surface area contributed by atoms with E-state index in [0.29, 0.717) is 11.1 Å². The first-order chi connectivity index (χ1) is 18.2. The number of ether oxygens (including phenoxy) is 6. The van der Waals surface area contributed by atoms with E-state index in [9.17, 15) is 30.6 Å². The van der Waals surface area contributed by atoms with E-state index < -0.39 is 61.0 Å². The van der Waals surface area contributed by atoms with Gasteiger partial charge in [-0.25, -0.2) is 0 Å². The fourth-order valence-electron chi connectivity index (χ4n) is 5.54. The van der Waals surface area contributed by atoms with Crippen molar-refractivity contribution in [3.63, 3.8) is 0 Å². The topological polar surface area (TPSA) is 177 Å². The van der Waals surface area contributed by atoms with Gasteiger partial charge in [-0.2, -0.15) is 0 Å². The third-order valence-electron chi connectivity index (χ3n) is 7.59. The van der Waals surface area contributed by atoms with Crippen molar-refractivity contribution in [1.82, 2.24) is 0 Å². The molecule has 3 saturated heterocycles. The van der Waals surface area contributed by atoms with Crippen LogP contribution in [0.1, 0.15) is 23.3 Å². The number of hydrogen-bond acceptors (Lipinski definition) is 12. The second-order valence-electron chi connectivity index (χ2n) is 9.68. The molecule has 0 unspecified atom stereocenters. The molecule has 5 rings (SSSR count). The summed E-state index contributed by atoms with van der Waals surface area (Å²) in [5, 5.41) is 61.2. The first-order valence-electron chi connectivity index (χ1n) is 12.2. The summed E-state index contributed by atoms with van der Waals surface area (Å²) in [5.41, 5.74) is 0.0153. The zero-order chi connectivity index (χ0) is 27.2. The molecule has 2 aromatic carbocycles. The first-order valence-corrected chi connectivity index (χ1v) is 12.2. The van der Waals surface area contributed by atoms with Gasteiger partial charge >= 0.3 is 0 Å². The number of fused-ring (bicyclic) bond motifs is 1. The van der Waals surface area contributed by atoms with Crippen LogP contribution in [0.25, 0.3) is 0 Å². The van der Waals surface area contributed by atoms with Gasteiger partial charge in [-0.3, -0.25) is 0 Å². The number of aliphatic hydroxyl groups excluding tert-OH is 4. The van der Waals surface area contributed by atoms with E-state index in [1.165, 1.54) is 26.4 Å². The number of phenols is 2. The monoisotopic (exact) mass is 536 g/mol. The maximum Gasteiger partial charge on any atom is 0.187 e. The van der Waals surface area contributed by atoms with Crippen LogP contribution < -0.4 is 9.47 Å². The van der Waals surface area contributed by atoms with Gasteiger partial charge in [0.05, 0.1) is 40.1 Å².